The van der Waals surface area contributed by atoms with E-state index in [0.29, 0.717) is 17.0 Å². The van der Waals surface area contributed by atoms with E-state index < -0.39 is 5.82 Å². The highest BCUT2D eigenvalue weighted by Gasteiger charge is 2.10. The maximum Gasteiger partial charge on any atom is 0.148 e. The number of nitriles is 1. The first-order valence-electron chi connectivity index (χ1n) is 5.73. The monoisotopic (exact) mass is 256 g/mol. The van der Waals surface area contributed by atoms with E-state index in [9.17, 15) is 4.39 Å². The standard InChI is InChI=1S/C15H13FN2O/c1-18(12-4-3-5-13(9-12)19-2)15-7-6-11(10-17)8-14(15)16/h3-9H,1-2H3. The number of hydrogen-bond acceptors (Lipinski definition) is 3. The van der Waals surface area contributed by atoms with E-state index in [4.69, 9.17) is 10.00 Å². The van der Waals surface area contributed by atoms with Crippen molar-refractivity contribution < 1.29 is 9.13 Å². The second-order valence-corrected chi connectivity index (χ2v) is 4.04. The Morgan fingerprint density at radius 2 is 2.00 bits per heavy atom. The third-order valence-corrected chi connectivity index (χ3v) is 2.88. The molecular weight excluding hydrogens is 243 g/mol. The van der Waals surface area contributed by atoms with Crippen LogP contribution >= 0.6 is 0 Å². The van der Waals surface area contributed by atoms with E-state index in [1.54, 1.807) is 31.2 Å². The van der Waals surface area contributed by atoms with Crippen molar-refractivity contribution in [1.82, 2.24) is 0 Å². The molecule has 0 saturated heterocycles. The SMILES string of the molecule is COc1cccc(N(C)c2ccc(C#N)cc2F)c1. The van der Waals surface area contributed by atoms with E-state index in [1.165, 1.54) is 6.07 Å². The second kappa shape index (κ2) is 5.40. The van der Waals surface area contributed by atoms with Gasteiger partial charge in [-0.1, -0.05) is 6.07 Å². The fourth-order valence-corrected chi connectivity index (χ4v) is 1.81. The molecule has 0 atom stereocenters. The molecule has 0 amide bonds. The fraction of sp³-hybridized carbons (Fsp3) is 0.133. The van der Waals surface area contributed by atoms with Gasteiger partial charge in [-0.25, -0.2) is 4.39 Å². The van der Waals surface area contributed by atoms with Crippen molar-refractivity contribution in [2.75, 3.05) is 19.1 Å². The number of nitrogens with zero attached hydrogens (tertiary/aromatic N) is 2. The lowest BCUT2D eigenvalue weighted by atomic mass is 10.2. The summed E-state index contributed by atoms with van der Waals surface area (Å²) in [5.41, 5.74) is 1.52. The van der Waals surface area contributed by atoms with E-state index in [1.807, 2.05) is 30.3 Å². The molecule has 0 unspecified atom stereocenters. The van der Waals surface area contributed by atoms with Crippen LogP contribution in [0.5, 0.6) is 5.75 Å². The molecule has 0 saturated carbocycles. The third-order valence-electron chi connectivity index (χ3n) is 2.88. The van der Waals surface area contributed by atoms with Gasteiger partial charge in [-0.05, 0) is 30.3 Å². The normalized spacial score (nSPS) is 9.79. The number of benzene rings is 2. The summed E-state index contributed by atoms with van der Waals surface area (Å²) in [6, 6.07) is 13.7. The van der Waals surface area contributed by atoms with Crippen molar-refractivity contribution in [2.24, 2.45) is 0 Å². The lowest BCUT2D eigenvalue weighted by Crippen LogP contribution is -2.11. The van der Waals surface area contributed by atoms with Gasteiger partial charge in [-0.2, -0.15) is 5.26 Å². The van der Waals surface area contributed by atoms with Crippen molar-refractivity contribution in [1.29, 1.82) is 5.26 Å². The molecule has 0 aliphatic carbocycles. The zero-order valence-corrected chi connectivity index (χ0v) is 10.7. The van der Waals surface area contributed by atoms with E-state index in [-0.39, 0.29) is 0 Å². The van der Waals surface area contributed by atoms with Crippen LogP contribution in [0.4, 0.5) is 15.8 Å². The summed E-state index contributed by atoms with van der Waals surface area (Å²) >= 11 is 0. The molecule has 96 valence electrons. The van der Waals surface area contributed by atoms with Crippen LogP contribution in [0.3, 0.4) is 0 Å². The van der Waals surface area contributed by atoms with Crippen molar-refractivity contribution in [2.45, 2.75) is 0 Å². The molecule has 0 aromatic heterocycles. The molecule has 2 rings (SSSR count). The lowest BCUT2D eigenvalue weighted by molar-refractivity contribution is 0.415. The van der Waals surface area contributed by atoms with Gasteiger partial charge in [-0.3, -0.25) is 0 Å². The average Bonchev–Trinajstić information content (AvgIpc) is 2.46. The Bertz CT molecular complexity index is 634. The zero-order valence-electron chi connectivity index (χ0n) is 10.7. The Balaban J connectivity index is 2.38. The molecule has 0 fully saturated rings. The van der Waals surface area contributed by atoms with Gasteiger partial charge in [0.2, 0.25) is 0 Å². The Kier molecular flexibility index (Phi) is 3.67. The molecule has 19 heavy (non-hydrogen) atoms. The van der Waals surface area contributed by atoms with E-state index >= 15 is 0 Å². The van der Waals surface area contributed by atoms with Crippen LogP contribution in [-0.2, 0) is 0 Å². The third kappa shape index (κ3) is 2.66. The molecule has 0 N–H and O–H groups in total. The van der Waals surface area contributed by atoms with Gasteiger partial charge in [0.1, 0.15) is 11.6 Å². The predicted molar refractivity (Wildman–Crippen MR) is 72.2 cm³/mol. The summed E-state index contributed by atoms with van der Waals surface area (Å²) in [7, 11) is 3.35. The van der Waals surface area contributed by atoms with Crippen molar-refractivity contribution in [3.63, 3.8) is 0 Å². The van der Waals surface area contributed by atoms with Crippen LogP contribution in [0.15, 0.2) is 42.5 Å². The summed E-state index contributed by atoms with van der Waals surface area (Å²) in [6.45, 7) is 0. The van der Waals surface area contributed by atoms with Gasteiger partial charge in [0, 0.05) is 18.8 Å². The summed E-state index contributed by atoms with van der Waals surface area (Å²) in [5, 5.41) is 8.73. The first-order chi connectivity index (χ1) is 9.15. The van der Waals surface area contributed by atoms with E-state index in [0.717, 1.165) is 5.69 Å². The summed E-state index contributed by atoms with van der Waals surface area (Å²) in [6.07, 6.45) is 0. The Hall–Kier alpha value is -2.54. The average molecular weight is 256 g/mol. The van der Waals surface area contributed by atoms with Crippen LogP contribution in [0.2, 0.25) is 0 Å². The maximum atomic E-state index is 13.9. The summed E-state index contributed by atoms with van der Waals surface area (Å²) in [4.78, 5) is 1.71. The predicted octanol–water partition coefficient (Wildman–Crippen LogP) is 3.47. The van der Waals surface area contributed by atoms with Gasteiger partial charge in [0.15, 0.2) is 0 Å². The molecule has 0 radical (unpaired) electrons. The minimum absolute atomic E-state index is 0.306. The Morgan fingerprint density at radius 3 is 2.63 bits per heavy atom. The number of hydrogen-bond donors (Lipinski definition) is 0. The Labute approximate surface area is 111 Å². The Morgan fingerprint density at radius 1 is 1.21 bits per heavy atom. The second-order valence-electron chi connectivity index (χ2n) is 4.04. The van der Waals surface area contributed by atoms with Crippen LogP contribution < -0.4 is 9.64 Å². The molecule has 4 heteroatoms. The summed E-state index contributed by atoms with van der Waals surface area (Å²) in [5.74, 6) is 0.280. The first-order valence-corrected chi connectivity index (χ1v) is 5.73. The van der Waals surface area contributed by atoms with Crippen LogP contribution in [0, 0.1) is 17.1 Å². The molecule has 0 bridgehead atoms. The molecule has 0 spiro atoms. The minimum atomic E-state index is -0.427. The van der Waals surface area contributed by atoms with Gasteiger partial charge in [-0.15, -0.1) is 0 Å². The molecule has 2 aromatic carbocycles. The molecule has 0 heterocycles. The lowest BCUT2D eigenvalue weighted by Gasteiger charge is -2.20. The largest absolute Gasteiger partial charge is 0.497 e. The molecular formula is C15H13FN2O. The van der Waals surface area contributed by atoms with Crippen LogP contribution in [-0.4, -0.2) is 14.2 Å². The van der Waals surface area contributed by atoms with Crippen LogP contribution in [0.25, 0.3) is 0 Å². The highest BCUT2D eigenvalue weighted by atomic mass is 19.1. The highest BCUT2D eigenvalue weighted by Crippen LogP contribution is 2.29. The van der Waals surface area contributed by atoms with Crippen LogP contribution in [0.1, 0.15) is 5.56 Å². The summed E-state index contributed by atoms with van der Waals surface area (Å²) < 4.78 is 19.1. The van der Waals surface area contributed by atoms with Gasteiger partial charge in [0.25, 0.3) is 0 Å². The number of methoxy groups -OCH3 is 1. The quantitative estimate of drug-likeness (QED) is 0.843. The maximum absolute atomic E-state index is 13.9. The van der Waals surface area contributed by atoms with Gasteiger partial charge >= 0.3 is 0 Å². The van der Waals surface area contributed by atoms with Crippen molar-refractivity contribution in [3.05, 3.63) is 53.8 Å². The molecule has 3 nitrogen and oxygen atoms in total. The van der Waals surface area contributed by atoms with Crippen molar-refractivity contribution in [3.8, 4) is 11.8 Å². The molecule has 2 aromatic rings. The minimum Gasteiger partial charge on any atom is -0.497 e. The first kappa shape index (κ1) is 12.9. The van der Waals surface area contributed by atoms with Gasteiger partial charge < -0.3 is 9.64 Å². The number of rotatable bonds is 3. The number of ether oxygens (including phenoxy) is 1. The molecule has 0 aliphatic heterocycles. The molecule has 0 aliphatic rings. The zero-order chi connectivity index (χ0) is 13.8. The highest BCUT2D eigenvalue weighted by molar-refractivity contribution is 5.65. The fourth-order valence-electron chi connectivity index (χ4n) is 1.81. The van der Waals surface area contributed by atoms with E-state index in [2.05, 4.69) is 0 Å². The number of halogens is 1. The van der Waals surface area contributed by atoms with Gasteiger partial charge in [0.05, 0.1) is 24.4 Å². The van der Waals surface area contributed by atoms with Crippen molar-refractivity contribution >= 4 is 11.4 Å². The topological polar surface area (TPSA) is 36.3 Å². The smallest absolute Gasteiger partial charge is 0.148 e. The number of anilines is 2.